The summed E-state index contributed by atoms with van der Waals surface area (Å²) in [5.41, 5.74) is 3.82. The van der Waals surface area contributed by atoms with E-state index in [1.807, 2.05) is 60.2 Å². The molecule has 9 nitrogen and oxygen atoms in total. The van der Waals surface area contributed by atoms with Crippen LogP contribution in [0.4, 0.5) is 17.2 Å². The van der Waals surface area contributed by atoms with Crippen molar-refractivity contribution in [3.63, 3.8) is 0 Å². The Balaban J connectivity index is 1.42. The van der Waals surface area contributed by atoms with Crippen molar-refractivity contribution in [3.05, 3.63) is 88.7 Å². The van der Waals surface area contributed by atoms with E-state index in [0.29, 0.717) is 17.7 Å². The lowest BCUT2D eigenvalue weighted by Crippen LogP contribution is -2.30. The first-order chi connectivity index (χ1) is 19.3. The van der Waals surface area contributed by atoms with Crippen LogP contribution in [0.1, 0.15) is 31.0 Å². The van der Waals surface area contributed by atoms with E-state index in [-0.39, 0.29) is 11.6 Å². The molecule has 2 atom stereocenters. The summed E-state index contributed by atoms with van der Waals surface area (Å²) in [7, 11) is 0.680. The van der Waals surface area contributed by atoms with Gasteiger partial charge in [-0.05, 0) is 61.5 Å². The number of anilines is 3. The van der Waals surface area contributed by atoms with Gasteiger partial charge in [0.25, 0.3) is 5.56 Å². The Bertz CT molecular complexity index is 1760. The van der Waals surface area contributed by atoms with Crippen LogP contribution in [0.3, 0.4) is 0 Å². The van der Waals surface area contributed by atoms with E-state index in [2.05, 4.69) is 51.5 Å². The fourth-order valence-electron chi connectivity index (χ4n) is 5.12. The molecule has 208 valence electrons. The first-order valence-electron chi connectivity index (χ1n) is 13.4. The molecule has 0 amide bonds. The number of hydrogen-bond acceptors (Lipinski definition) is 7. The minimum absolute atomic E-state index is 0.0469. The van der Waals surface area contributed by atoms with Gasteiger partial charge in [-0.15, -0.1) is 0 Å². The average Bonchev–Trinajstić information content (AvgIpc) is 3.42. The van der Waals surface area contributed by atoms with E-state index >= 15 is 0 Å². The van der Waals surface area contributed by atoms with Crippen molar-refractivity contribution in [1.29, 1.82) is 0 Å². The van der Waals surface area contributed by atoms with Gasteiger partial charge in [0.1, 0.15) is 5.82 Å². The van der Waals surface area contributed by atoms with Crippen LogP contribution in [0.25, 0.3) is 16.6 Å². The van der Waals surface area contributed by atoms with Gasteiger partial charge in [0.05, 0.1) is 33.3 Å². The number of pyridine rings is 1. The Morgan fingerprint density at radius 1 is 1.12 bits per heavy atom. The molecular formula is C30H35N7O2S. The van der Waals surface area contributed by atoms with Crippen molar-refractivity contribution in [3.8, 4) is 0 Å². The second-order valence-corrected chi connectivity index (χ2v) is 11.3. The number of hydrogen-bond donors (Lipinski definition) is 2. The first kappa shape index (κ1) is 27.4. The highest BCUT2D eigenvalue weighted by molar-refractivity contribution is 7.84. The fourth-order valence-corrected chi connectivity index (χ4v) is 5.83. The minimum atomic E-state index is -1.12. The van der Waals surface area contributed by atoms with Gasteiger partial charge in [0, 0.05) is 63.0 Å². The van der Waals surface area contributed by atoms with Crippen LogP contribution in [0.2, 0.25) is 0 Å². The van der Waals surface area contributed by atoms with Gasteiger partial charge in [-0.25, -0.2) is 9.97 Å². The first-order valence-corrected chi connectivity index (χ1v) is 14.9. The molecule has 0 saturated carbocycles. The third kappa shape index (κ3) is 5.44. The maximum Gasteiger partial charge on any atom is 0.259 e. The number of aromatic nitrogens is 4. The van der Waals surface area contributed by atoms with E-state index in [0.717, 1.165) is 51.7 Å². The number of benzene rings is 2. The maximum atomic E-state index is 13.5. The number of likely N-dealkylation sites (N-methyl/N-ethyl adjacent to an activating group) is 1. The molecule has 0 spiro atoms. The third-order valence-corrected chi connectivity index (χ3v) is 8.21. The molecule has 3 aromatic heterocycles. The van der Waals surface area contributed by atoms with Crippen molar-refractivity contribution >= 4 is 44.5 Å². The van der Waals surface area contributed by atoms with Gasteiger partial charge < -0.3 is 15.5 Å². The molecule has 0 saturated heterocycles. The molecule has 2 aromatic carbocycles. The molecule has 5 aromatic rings. The minimum Gasteiger partial charge on any atom is -0.378 e. The van der Waals surface area contributed by atoms with Crippen LogP contribution in [0.5, 0.6) is 0 Å². The van der Waals surface area contributed by atoms with Crippen LogP contribution in [-0.2, 0) is 17.8 Å². The summed E-state index contributed by atoms with van der Waals surface area (Å²) in [6.45, 7) is 8.37. The Labute approximate surface area is 236 Å². The van der Waals surface area contributed by atoms with Crippen LogP contribution in [0.15, 0.2) is 76.9 Å². The zero-order valence-corrected chi connectivity index (χ0v) is 24.3. The fraction of sp³-hybridized carbons (Fsp3) is 0.300. The van der Waals surface area contributed by atoms with Crippen molar-refractivity contribution in [2.24, 2.45) is 7.05 Å². The van der Waals surface area contributed by atoms with Gasteiger partial charge in [-0.1, -0.05) is 18.2 Å². The van der Waals surface area contributed by atoms with Crippen LogP contribution in [-0.4, -0.2) is 49.0 Å². The van der Waals surface area contributed by atoms with Gasteiger partial charge in [-0.3, -0.25) is 18.0 Å². The zero-order chi connectivity index (χ0) is 28.4. The highest BCUT2D eigenvalue weighted by atomic mass is 32.2. The topological polar surface area (TPSA) is 96.6 Å². The standard InChI is InChI=1S/C30H35N7O2S/c1-6-36(22-18-33-30-32-12-14-37(30)19-22)13-11-31-28-17-24-23(15-20(2)16-25(24)29(38)35(28)4)21(3)34-26-9-7-8-10-27(26)40(5)39/h7-10,12,14-19,21,31,34H,6,11,13H2,1-5H3/t21-,40?/m1/s1. The predicted octanol–water partition coefficient (Wildman–Crippen LogP) is 4.74. The number of nitrogens with one attached hydrogen (secondary N) is 2. The molecule has 1 unspecified atom stereocenters. The summed E-state index contributed by atoms with van der Waals surface area (Å²) in [6, 6.07) is 13.6. The number of imidazole rings is 1. The molecule has 5 rings (SSSR count). The molecule has 0 radical (unpaired) electrons. The summed E-state index contributed by atoms with van der Waals surface area (Å²) in [6.07, 6.45) is 9.17. The van der Waals surface area contributed by atoms with Crippen LogP contribution in [0, 0.1) is 6.92 Å². The molecule has 0 fully saturated rings. The smallest absolute Gasteiger partial charge is 0.259 e. The van der Waals surface area contributed by atoms with E-state index in [1.165, 1.54) is 0 Å². The Hall–Kier alpha value is -4.18. The van der Waals surface area contributed by atoms with Gasteiger partial charge in [-0.2, -0.15) is 0 Å². The van der Waals surface area contributed by atoms with Crippen LogP contribution >= 0.6 is 0 Å². The van der Waals surface area contributed by atoms with Gasteiger partial charge in [0.15, 0.2) is 0 Å². The van der Waals surface area contributed by atoms with Crippen molar-refractivity contribution in [2.75, 3.05) is 41.4 Å². The summed E-state index contributed by atoms with van der Waals surface area (Å²) < 4.78 is 15.9. The number of aryl methyl sites for hydroxylation is 1. The Kier molecular flexibility index (Phi) is 7.88. The predicted molar refractivity (Wildman–Crippen MR) is 164 cm³/mol. The lowest BCUT2D eigenvalue weighted by molar-refractivity contribution is 0.686. The highest BCUT2D eigenvalue weighted by Crippen LogP contribution is 2.30. The SMILES string of the molecule is CCN(CCNc1cc2c([C@@H](C)Nc3ccccc3S(C)=O)cc(C)cc2c(=O)n1C)c1cnc2nccn2c1. The molecular weight excluding hydrogens is 522 g/mol. The maximum absolute atomic E-state index is 13.5. The van der Waals surface area contributed by atoms with Crippen LogP contribution < -0.4 is 21.1 Å². The average molecular weight is 558 g/mol. The molecule has 0 aliphatic heterocycles. The lowest BCUT2D eigenvalue weighted by Gasteiger charge is -2.24. The molecule has 10 heteroatoms. The number of para-hydroxylation sites is 1. The Morgan fingerprint density at radius 3 is 2.70 bits per heavy atom. The summed E-state index contributed by atoms with van der Waals surface area (Å²) in [4.78, 5) is 25.1. The van der Waals surface area contributed by atoms with Gasteiger partial charge in [0.2, 0.25) is 5.78 Å². The number of rotatable bonds is 10. The van der Waals surface area contributed by atoms with Gasteiger partial charge >= 0.3 is 0 Å². The van der Waals surface area contributed by atoms with Crippen molar-refractivity contribution in [1.82, 2.24) is 18.9 Å². The summed E-state index contributed by atoms with van der Waals surface area (Å²) >= 11 is 0. The second-order valence-electron chi connectivity index (χ2n) is 9.98. The molecule has 2 N–H and O–H groups in total. The van der Waals surface area contributed by atoms with E-state index in [1.54, 1.807) is 24.1 Å². The number of fused-ring (bicyclic) bond motifs is 2. The quantitative estimate of drug-likeness (QED) is 0.256. The van der Waals surface area contributed by atoms with Crippen molar-refractivity contribution in [2.45, 2.75) is 31.7 Å². The molecule has 0 bridgehead atoms. The lowest BCUT2D eigenvalue weighted by atomic mass is 9.97. The van der Waals surface area contributed by atoms with E-state index in [4.69, 9.17) is 0 Å². The zero-order valence-electron chi connectivity index (χ0n) is 23.5. The number of nitrogens with zero attached hydrogens (tertiary/aromatic N) is 5. The third-order valence-electron chi connectivity index (χ3n) is 7.24. The summed E-state index contributed by atoms with van der Waals surface area (Å²) in [5.74, 6) is 1.43. The molecule has 0 aliphatic rings. The summed E-state index contributed by atoms with van der Waals surface area (Å²) in [5, 5.41) is 8.60. The van der Waals surface area contributed by atoms with Crippen molar-refractivity contribution < 1.29 is 4.21 Å². The molecule has 3 heterocycles. The monoisotopic (exact) mass is 557 g/mol. The Morgan fingerprint density at radius 2 is 1.93 bits per heavy atom. The van der Waals surface area contributed by atoms with E-state index < -0.39 is 10.8 Å². The molecule has 40 heavy (non-hydrogen) atoms. The molecule has 0 aliphatic carbocycles. The normalized spacial score (nSPS) is 12.9. The largest absolute Gasteiger partial charge is 0.378 e. The van der Waals surface area contributed by atoms with E-state index in [9.17, 15) is 9.00 Å². The highest BCUT2D eigenvalue weighted by Gasteiger charge is 2.17. The second kappa shape index (κ2) is 11.5.